The molecule has 4 fully saturated rings. The number of hydrogen-bond acceptors (Lipinski definition) is 4. The lowest BCUT2D eigenvalue weighted by atomic mass is 9.47. The number of alkyl halides is 1. The van der Waals surface area contributed by atoms with Gasteiger partial charge < -0.3 is 9.84 Å². The Morgan fingerprint density at radius 2 is 1.76 bits per heavy atom. The minimum absolute atomic E-state index is 0.107. The van der Waals surface area contributed by atoms with E-state index >= 15 is 0 Å². The second-order valence-electron chi connectivity index (χ2n) is 8.30. The van der Waals surface area contributed by atoms with Crippen LogP contribution in [-0.4, -0.2) is 45.6 Å². The number of methoxy groups -OCH3 is 1. The van der Waals surface area contributed by atoms with Crippen LogP contribution in [0, 0.1) is 23.2 Å². The van der Waals surface area contributed by atoms with E-state index in [9.17, 15) is 19.5 Å². The fourth-order valence-corrected chi connectivity index (χ4v) is 5.73. The van der Waals surface area contributed by atoms with Crippen molar-refractivity contribution < 1.29 is 24.2 Å². The molecule has 2 N–H and O–H groups in total. The second kappa shape index (κ2) is 6.14. The highest BCUT2D eigenvalue weighted by Gasteiger charge is 2.61. The van der Waals surface area contributed by atoms with Crippen LogP contribution in [0.15, 0.2) is 0 Å². The Bertz CT molecular complexity index is 586. The summed E-state index contributed by atoms with van der Waals surface area (Å²) >= 11 is 3.35. The van der Waals surface area contributed by atoms with Gasteiger partial charge >= 0.3 is 12.1 Å². The number of hydrogen-bond donors (Lipinski definition) is 2. The van der Waals surface area contributed by atoms with E-state index in [0.717, 1.165) is 19.3 Å². The number of nitrogens with one attached hydrogen (secondary N) is 1. The highest BCUT2D eigenvalue weighted by atomic mass is 79.9. The third-order valence-corrected chi connectivity index (χ3v) is 6.42. The number of carboxylic acid groups (broad SMARTS) is 1. The molecule has 4 rings (SSSR count). The molecule has 2 atom stereocenters. The van der Waals surface area contributed by atoms with Crippen molar-refractivity contribution in [2.75, 3.05) is 7.11 Å². The maximum absolute atomic E-state index is 12.9. The highest BCUT2D eigenvalue weighted by Crippen LogP contribution is 2.61. The van der Waals surface area contributed by atoms with Crippen molar-refractivity contribution in [2.24, 2.45) is 23.2 Å². The number of ether oxygens (including phenoxy) is 1. The maximum Gasteiger partial charge on any atom is 0.423 e. The van der Waals surface area contributed by atoms with E-state index in [1.807, 2.05) is 0 Å². The summed E-state index contributed by atoms with van der Waals surface area (Å²) in [5.41, 5.74) is 1.87. The van der Waals surface area contributed by atoms with E-state index in [1.54, 1.807) is 13.8 Å². The first-order valence-electron chi connectivity index (χ1n) is 8.68. The summed E-state index contributed by atoms with van der Waals surface area (Å²) < 4.78 is 4.19. The molecule has 0 aliphatic heterocycles. The Morgan fingerprint density at radius 3 is 2.20 bits per heavy atom. The lowest BCUT2D eigenvalue weighted by molar-refractivity contribution is -0.181. The number of nitrogens with zero attached hydrogens (tertiary/aromatic N) is 1. The largest absolute Gasteiger partial charge is 0.469 e. The summed E-state index contributed by atoms with van der Waals surface area (Å²) in [6, 6.07) is -0.213. The van der Waals surface area contributed by atoms with Gasteiger partial charge in [0.05, 0.1) is 18.6 Å². The van der Waals surface area contributed by atoms with Gasteiger partial charge in [-0.3, -0.25) is 9.59 Å². The molecule has 0 saturated heterocycles. The van der Waals surface area contributed by atoms with Crippen molar-refractivity contribution in [3.05, 3.63) is 0 Å². The van der Waals surface area contributed by atoms with Gasteiger partial charge in [-0.05, 0) is 63.7 Å². The van der Waals surface area contributed by atoms with Crippen LogP contribution in [0.3, 0.4) is 0 Å². The molecule has 7 nitrogen and oxygen atoms in total. The molecule has 4 aliphatic rings. The number of halogens is 1. The fourth-order valence-electron chi connectivity index (χ4n) is 5.54. The number of hydrazine groups is 1. The molecule has 25 heavy (non-hydrogen) atoms. The number of carbonyl (C=O) groups is 3. The Kier molecular flexibility index (Phi) is 4.54. The third kappa shape index (κ3) is 3.13. The Hall–Kier alpha value is -1.31. The number of carbonyl (C=O) groups excluding carboxylic acids is 2. The second-order valence-corrected chi connectivity index (χ2v) is 10.3. The third-order valence-electron chi connectivity index (χ3n) is 6.08. The average Bonchev–Trinajstić information content (AvgIpc) is 2.50. The van der Waals surface area contributed by atoms with Crippen LogP contribution in [0.1, 0.15) is 46.0 Å². The summed E-state index contributed by atoms with van der Waals surface area (Å²) in [6.07, 6.45) is 2.77. The van der Waals surface area contributed by atoms with Crippen LogP contribution in [-0.2, 0) is 14.3 Å². The van der Waals surface area contributed by atoms with Crippen molar-refractivity contribution in [1.82, 2.24) is 10.4 Å². The topological polar surface area (TPSA) is 95.9 Å². The van der Waals surface area contributed by atoms with Crippen LogP contribution in [0.2, 0.25) is 0 Å². The van der Waals surface area contributed by atoms with Gasteiger partial charge in [0.15, 0.2) is 0 Å². The van der Waals surface area contributed by atoms with Crippen molar-refractivity contribution in [2.45, 2.75) is 56.3 Å². The zero-order chi connectivity index (χ0) is 18.6. The predicted octanol–water partition coefficient (Wildman–Crippen LogP) is 2.54. The first kappa shape index (κ1) is 18.5. The molecule has 4 aliphatic carbocycles. The summed E-state index contributed by atoms with van der Waals surface area (Å²) in [7, 11) is 1.42. The molecule has 0 aromatic heterocycles. The molecule has 2 amide bonds. The Morgan fingerprint density at radius 1 is 1.20 bits per heavy atom. The predicted molar refractivity (Wildman–Crippen MR) is 92.8 cm³/mol. The summed E-state index contributed by atoms with van der Waals surface area (Å²) in [5.74, 6) is 0.202. The number of esters is 1. The molecule has 0 aromatic rings. The molecule has 0 heterocycles. The number of rotatable bonds is 3. The molecular formula is C17H25BrN2O5. The van der Waals surface area contributed by atoms with Gasteiger partial charge in [-0.1, -0.05) is 15.9 Å². The van der Waals surface area contributed by atoms with E-state index in [0.29, 0.717) is 18.8 Å². The smallest absolute Gasteiger partial charge is 0.423 e. The molecule has 2 unspecified atom stereocenters. The lowest BCUT2D eigenvalue weighted by Gasteiger charge is -2.60. The van der Waals surface area contributed by atoms with Gasteiger partial charge in [-0.25, -0.2) is 15.2 Å². The molecule has 0 radical (unpaired) electrons. The van der Waals surface area contributed by atoms with E-state index in [-0.39, 0.29) is 29.8 Å². The fraction of sp³-hybridized carbons (Fsp3) is 0.824. The zero-order valence-corrected chi connectivity index (χ0v) is 16.3. The van der Waals surface area contributed by atoms with Gasteiger partial charge in [0, 0.05) is 0 Å². The summed E-state index contributed by atoms with van der Waals surface area (Å²) in [6.45, 7) is 3.41. The quantitative estimate of drug-likeness (QED) is 0.418. The summed E-state index contributed by atoms with van der Waals surface area (Å²) in [4.78, 5) is 36.5. The van der Waals surface area contributed by atoms with Crippen LogP contribution in [0.5, 0.6) is 0 Å². The van der Waals surface area contributed by atoms with E-state index < -0.39 is 15.8 Å². The standard InChI is InChI=1S/C17H25BrN2O5/c1-16(2,18)13(21)20(19-15(23)24)12-10-4-9-5-11(12)8-17(6-9,7-10)14(22)25-3/h9-12,19H,4-8H2,1-3H3,(H,23,24). The van der Waals surface area contributed by atoms with Crippen molar-refractivity contribution in [1.29, 1.82) is 0 Å². The van der Waals surface area contributed by atoms with Gasteiger partial charge in [-0.15, -0.1) is 0 Å². The van der Waals surface area contributed by atoms with Crippen molar-refractivity contribution in [3.63, 3.8) is 0 Å². The molecule has 4 bridgehead atoms. The first-order chi connectivity index (χ1) is 11.6. The molecular weight excluding hydrogens is 392 g/mol. The van der Waals surface area contributed by atoms with E-state index in [4.69, 9.17) is 4.74 Å². The molecule has 140 valence electrons. The van der Waals surface area contributed by atoms with Gasteiger partial charge in [0.25, 0.3) is 5.91 Å². The van der Waals surface area contributed by atoms with Gasteiger partial charge in [-0.2, -0.15) is 0 Å². The Balaban J connectivity index is 1.91. The molecule has 0 aromatic carbocycles. The maximum atomic E-state index is 12.9. The number of amides is 2. The van der Waals surface area contributed by atoms with E-state index in [2.05, 4.69) is 21.4 Å². The minimum atomic E-state index is -1.25. The monoisotopic (exact) mass is 416 g/mol. The first-order valence-corrected chi connectivity index (χ1v) is 9.47. The molecule has 0 spiro atoms. The van der Waals surface area contributed by atoms with Gasteiger partial charge in [0.1, 0.15) is 4.32 Å². The highest BCUT2D eigenvalue weighted by molar-refractivity contribution is 9.10. The summed E-state index contributed by atoms with van der Waals surface area (Å²) in [5, 5.41) is 10.5. The Labute approximate surface area is 155 Å². The van der Waals surface area contributed by atoms with Gasteiger partial charge in [0.2, 0.25) is 0 Å². The molecule has 4 saturated carbocycles. The van der Waals surface area contributed by atoms with Crippen LogP contribution in [0.4, 0.5) is 4.79 Å². The lowest BCUT2D eigenvalue weighted by Crippen LogP contribution is -2.66. The van der Waals surface area contributed by atoms with Crippen LogP contribution >= 0.6 is 15.9 Å². The SMILES string of the molecule is COC(=O)C12CC3CC(C1)C(N(NC(=O)O)C(=O)C(C)(C)Br)C(C3)C2. The van der Waals surface area contributed by atoms with E-state index in [1.165, 1.54) is 12.1 Å². The normalized spacial score (nSPS) is 36.0. The van der Waals surface area contributed by atoms with Crippen molar-refractivity contribution >= 4 is 33.9 Å². The van der Waals surface area contributed by atoms with Crippen LogP contribution < -0.4 is 5.43 Å². The average molecular weight is 417 g/mol. The van der Waals surface area contributed by atoms with Crippen molar-refractivity contribution in [3.8, 4) is 0 Å². The molecule has 8 heteroatoms. The van der Waals surface area contributed by atoms with Crippen LogP contribution in [0.25, 0.3) is 0 Å². The minimum Gasteiger partial charge on any atom is -0.469 e. The zero-order valence-electron chi connectivity index (χ0n) is 14.8.